The second kappa shape index (κ2) is 9.96. The maximum absolute atomic E-state index is 9.46. The zero-order valence-corrected chi connectivity index (χ0v) is 26.8. The molecule has 6 nitrogen and oxygen atoms in total. The smallest absolute Gasteiger partial charge is 0.238 e. The fraction of sp³-hybridized carbons (Fsp3) is 0.0698. The fourth-order valence-electron chi connectivity index (χ4n) is 7.88. The normalized spacial score (nSPS) is 13.2. The summed E-state index contributed by atoms with van der Waals surface area (Å²) in [6, 6.07) is 45.2. The molecule has 0 atom stereocenters. The lowest BCUT2D eigenvalue weighted by molar-refractivity contribution is 0.620. The molecule has 0 bridgehead atoms. The van der Waals surface area contributed by atoms with E-state index in [0.717, 1.165) is 54.9 Å². The van der Waals surface area contributed by atoms with Gasteiger partial charge in [-0.1, -0.05) is 105 Å². The second-order valence-electron chi connectivity index (χ2n) is 13.1. The van der Waals surface area contributed by atoms with Crippen molar-refractivity contribution < 1.29 is 4.42 Å². The topological polar surface area (TPSA) is 80.5 Å². The summed E-state index contributed by atoms with van der Waals surface area (Å²) >= 11 is 0. The number of hydrogen-bond donors (Lipinski definition) is 0. The van der Waals surface area contributed by atoms with Gasteiger partial charge in [-0.05, 0) is 53.1 Å². The summed E-state index contributed by atoms with van der Waals surface area (Å²) in [7, 11) is 0. The van der Waals surface area contributed by atoms with Crippen molar-refractivity contribution in [3.63, 3.8) is 0 Å². The Kier molecular flexibility index (Phi) is 5.60. The van der Waals surface area contributed by atoms with E-state index in [2.05, 4.69) is 91.2 Å². The molecule has 6 heteroatoms. The summed E-state index contributed by atoms with van der Waals surface area (Å²) in [5.41, 5.74) is 10.6. The van der Waals surface area contributed by atoms with E-state index in [1.165, 1.54) is 22.3 Å². The standard InChI is InChI=1S/C43H27N5O/c1-43(2)31-17-9-6-14-28(31)34-35-29-15-7-10-18-32(29)48(38(35)36-30-16-8-11-19-33(30)49-39(36)37(34)43)42-46-40(26-12-4-3-5-13-26)45-41(47-42)27-22-20-25(24-44)21-23-27/h3-23H,1-2H3. The Labute approximate surface area is 281 Å². The van der Waals surface area contributed by atoms with E-state index in [9.17, 15) is 5.26 Å². The number of rotatable bonds is 3. The molecule has 0 amide bonds. The van der Waals surface area contributed by atoms with Crippen molar-refractivity contribution in [2.45, 2.75) is 19.3 Å². The van der Waals surface area contributed by atoms with Gasteiger partial charge in [0.2, 0.25) is 5.95 Å². The number of nitrogens with zero attached hydrogens (tertiary/aromatic N) is 5. The summed E-state index contributed by atoms with van der Waals surface area (Å²) in [4.78, 5) is 15.4. The van der Waals surface area contributed by atoms with Gasteiger partial charge in [0, 0.05) is 38.3 Å². The Balaban J connectivity index is 1.42. The maximum Gasteiger partial charge on any atom is 0.238 e. The molecule has 3 aromatic heterocycles. The number of hydrogen-bond acceptors (Lipinski definition) is 5. The summed E-state index contributed by atoms with van der Waals surface area (Å²) in [6.45, 7) is 4.61. The van der Waals surface area contributed by atoms with Crippen molar-refractivity contribution in [3.05, 3.63) is 144 Å². The van der Waals surface area contributed by atoms with Crippen LogP contribution in [0, 0.1) is 11.3 Å². The lowest BCUT2D eigenvalue weighted by Crippen LogP contribution is -2.15. The lowest BCUT2D eigenvalue weighted by Gasteiger charge is -2.21. The van der Waals surface area contributed by atoms with Crippen molar-refractivity contribution in [1.82, 2.24) is 19.5 Å². The molecule has 0 unspecified atom stereocenters. The zero-order chi connectivity index (χ0) is 32.9. The fourth-order valence-corrected chi connectivity index (χ4v) is 7.88. The third-order valence-corrected chi connectivity index (χ3v) is 10.1. The molecule has 0 aliphatic heterocycles. The van der Waals surface area contributed by atoms with Gasteiger partial charge in [-0.2, -0.15) is 15.2 Å². The Morgan fingerprint density at radius 2 is 1.31 bits per heavy atom. The third-order valence-electron chi connectivity index (χ3n) is 10.1. The predicted octanol–water partition coefficient (Wildman–Crippen LogP) is 10.4. The monoisotopic (exact) mass is 629 g/mol. The van der Waals surface area contributed by atoms with E-state index in [-0.39, 0.29) is 5.41 Å². The van der Waals surface area contributed by atoms with E-state index >= 15 is 0 Å². The van der Waals surface area contributed by atoms with Crippen LogP contribution in [0.25, 0.3) is 83.6 Å². The van der Waals surface area contributed by atoms with Gasteiger partial charge in [-0.3, -0.25) is 4.57 Å². The first kappa shape index (κ1) is 27.5. The first-order valence-electron chi connectivity index (χ1n) is 16.4. The van der Waals surface area contributed by atoms with Crippen LogP contribution < -0.4 is 0 Å². The van der Waals surface area contributed by atoms with Crippen LogP contribution in [0.5, 0.6) is 0 Å². The molecule has 49 heavy (non-hydrogen) atoms. The minimum absolute atomic E-state index is 0.286. The molecule has 1 aliphatic rings. The van der Waals surface area contributed by atoms with E-state index < -0.39 is 0 Å². The van der Waals surface area contributed by atoms with Gasteiger partial charge in [0.1, 0.15) is 11.2 Å². The summed E-state index contributed by atoms with van der Waals surface area (Å²) < 4.78 is 9.07. The molecule has 3 heterocycles. The highest BCUT2D eigenvalue weighted by atomic mass is 16.3. The Morgan fingerprint density at radius 1 is 0.653 bits per heavy atom. The Hall–Kier alpha value is -6.58. The van der Waals surface area contributed by atoms with Crippen molar-refractivity contribution >= 4 is 43.7 Å². The third kappa shape index (κ3) is 3.78. The number of fused-ring (bicyclic) bond motifs is 12. The van der Waals surface area contributed by atoms with E-state index in [0.29, 0.717) is 23.2 Å². The first-order chi connectivity index (χ1) is 24.0. The highest BCUT2D eigenvalue weighted by molar-refractivity contribution is 6.30. The molecular weight excluding hydrogens is 603 g/mol. The molecule has 1 aliphatic carbocycles. The summed E-state index contributed by atoms with van der Waals surface area (Å²) in [5.74, 6) is 1.61. The van der Waals surface area contributed by atoms with Gasteiger partial charge in [-0.25, -0.2) is 4.98 Å². The zero-order valence-electron chi connectivity index (χ0n) is 26.8. The largest absolute Gasteiger partial charge is 0.456 e. The number of aromatic nitrogens is 4. The molecular formula is C43H27N5O. The Bertz CT molecular complexity index is 2850. The average Bonchev–Trinajstić information content (AvgIpc) is 3.77. The van der Waals surface area contributed by atoms with E-state index in [1.54, 1.807) is 12.1 Å². The van der Waals surface area contributed by atoms with E-state index in [4.69, 9.17) is 19.4 Å². The van der Waals surface area contributed by atoms with Crippen molar-refractivity contribution in [2.75, 3.05) is 0 Å². The summed E-state index contributed by atoms with van der Waals surface area (Å²) in [5, 5.41) is 13.8. The quantitative estimate of drug-likeness (QED) is 0.194. The minimum Gasteiger partial charge on any atom is -0.456 e. The molecule has 0 radical (unpaired) electrons. The molecule has 230 valence electrons. The van der Waals surface area contributed by atoms with Crippen LogP contribution in [0.2, 0.25) is 0 Å². The van der Waals surface area contributed by atoms with Gasteiger partial charge in [0.05, 0.1) is 28.1 Å². The van der Waals surface area contributed by atoms with Crippen molar-refractivity contribution in [2.24, 2.45) is 0 Å². The summed E-state index contributed by atoms with van der Waals surface area (Å²) in [6.07, 6.45) is 0. The van der Waals surface area contributed by atoms with Crippen molar-refractivity contribution in [1.29, 1.82) is 5.26 Å². The van der Waals surface area contributed by atoms with Gasteiger partial charge >= 0.3 is 0 Å². The number of nitriles is 1. The highest BCUT2D eigenvalue weighted by Gasteiger charge is 2.41. The first-order valence-corrected chi connectivity index (χ1v) is 16.4. The maximum atomic E-state index is 9.46. The van der Waals surface area contributed by atoms with Crippen LogP contribution in [0.1, 0.15) is 30.5 Å². The molecule has 6 aromatic carbocycles. The SMILES string of the molecule is CC1(C)c2ccccc2-c2c1c1oc3ccccc3c1c1c2c2ccccc2n1-c1nc(-c2ccccc2)nc(-c2ccc(C#N)cc2)n1. The minimum atomic E-state index is -0.286. The van der Waals surface area contributed by atoms with Crippen molar-refractivity contribution in [3.8, 4) is 45.9 Å². The molecule has 9 aromatic rings. The van der Waals surface area contributed by atoms with Crippen LogP contribution in [-0.2, 0) is 5.41 Å². The number of furan rings is 1. The van der Waals surface area contributed by atoms with E-state index in [1.807, 2.05) is 48.5 Å². The van der Waals surface area contributed by atoms with Gasteiger partial charge < -0.3 is 4.42 Å². The second-order valence-corrected chi connectivity index (χ2v) is 13.1. The van der Waals surface area contributed by atoms with Crippen LogP contribution >= 0.6 is 0 Å². The van der Waals surface area contributed by atoms with Gasteiger partial charge in [0.25, 0.3) is 0 Å². The van der Waals surface area contributed by atoms with Crippen LogP contribution in [0.3, 0.4) is 0 Å². The van der Waals surface area contributed by atoms with Crippen LogP contribution in [0.4, 0.5) is 0 Å². The number of benzene rings is 6. The highest BCUT2D eigenvalue weighted by Crippen LogP contribution is 2.57. The van der Waals surface area contributed by atoms with Gasteiger partial charge in [0.15, 0.2) is 11.6 Å². The molecule has 0 spiro atoms. The molecule has 0 saturated heterocycles. The molecule has 0 saturated carbocycles. The average molecular weight is 630 g/mol. The molecule has 0 fully saturated rings. The van der Waals surface area contributed by atoms with Crippen LogP contribution in [-0.4, -0.2) is 19.5 Å². The predicted molar refractivity (Wildman–Crippen MR) is 195 cm³/mol. The lowest BCUT2D eigenvalue weighted by atomic mass is 9.81. The van der Waals surface area contributed by atoms with Gasteiger partial charge in [-0.15, -0.1) is 0 Å². The number of para-hydroxylation sites is 2. The Morgan fingerprint density at radius 3 is 2.08 bits per heavy atom. The molecule has 0 N–H and O–H groups in total. The molecule has 10 rings (SSSR count). The van der Waals surface area contributed by atoms with Crippen LogP contribution in [0.15, 0.2) is 132 Å².